The molecule has 0 heterocycles. The van der Waals surface area contributed by atoms with Crippen LogP contribution in [0.3, 0.4) is 0 Å². The number of ether oxygens (including phenoxy) is 6. The highest BCUT2D eigenvalue weighted by atomic mass is 17.2. The van der Waals surface area contributed by atoms with Gasteiger partial charge in [0.2, 0.25) is 11.2 Å². The molecule has 0 rings (SSSR count). The maximum Gasteiger partial charge on any atom is 0.343 e. The van der Waals surface area contributed by atoms with E-state index >= 15 is 0 Å². The Balaban J connectivity index is 6.75. The monoisotopic (exact) mass is 550 g/mol. The molecule has 0 aromatic heterocycles. The average molecular weight is 551 g/mol. The van der Waals surface area contributed by atoms with Crippen LogP contribution in [0.4, 0.5) is 0 Å². The Morgan fingerprint density at radius 3 is 0.789 bits per heavy atom. The van der Waals surface area contributed by atoms with Gasteiger partial charge in [-0.15, -0.1) is 0 Å². The molecule has 0 radical (unpaired) electrons. The zero-order valence-electron chi connectivity index (χ0n) is 22.8. The van der Waals surface area contributed by atoms with E-state index in [2.05, 4.69) is 0 Å². The summed E-state index contributed by atoms with van der Waals surface area (Å²) in [5, 5.41) is 0. The summed E-state index contributed by atoms with van der Waals surface area (Å²) >= 11 is 0. The topological polar surface area (TPSA) is 176 Å². The molecule has 0 aliphatic carbocycles. The predicted molar refractivity (Wildman–Crippen MR) is 126 cm³/mol. The molecule has 38 heavy (non-hydrogen) atoms. The van der Waals surface area contributed by atoms with Crippen LogP contribution < -0.4 is 0 Å². The molecule has 0 unspecified atom stereocenters. The number of hydrogen-bond acceptors (Lipinski definition) is 14. The number of esters is 6. The van der Waals surface area contributed by atoms with E-state index in [9.17, 15) is 28.8 Å². The van der Waals surface area contributed by atoms with Crippen LogP contribution in [0.5, 0.6) is 0 Å². The molecule has 0 fully saturated rings. The maximum atomic E-state index is 13.1. The van der Waals surface area contributed by atoms with E-state index in [1.165, 1.54) is 41.5 Å². The van der Waals surface area contributed by atoms with Gasteiger partial charge in [0.05, 0.1) is 65.3 Å². The number of rotatable bonds is 19. The minimum absolute atomic E-state index is 0.0729. The smallest absolute Gasteiger partial charge is 0.343 e. The van der Waals surface area contributed by atoms with Crippen molar-refractivity contribution >= 4 is 35.8 Å². The van der Waals surface area contributed by atoms with Gasteiger partial charge >= 0.3 is 35.8 Å². The van der Waals surface area contributed by atoms with Gasteiger partial charge in [0.15, 0.2) is 0 Å². The van der Waals surface area contributed by atoms with Crippen molar-refractivity contribution in [2.45, 2.75) is 78.4 Å². The molecule has 0 N–H and O–H groups in total. The van der Waals surface area contributed by atoms with E-state index in [1.807, 2.05) is 0 Å². The summed E-state index contributed by atoms with van der Waals surface area (Å²) in [5.41, 5.74) is -5.06. The second kappa shape index (κ2) is 18.1. The average Bonchev–Trinajstić information content (AvgIpc) is 2.83. The highest BCUT2D eigenvalue weighted by Crippen LogP contribution is 2.32. The lowest BCUT2D eigenvalue weighted by molar-refractivity contribution is -0.400. The Morgan fingerprint density at radius 1 is 0.395 bits per heavy atom. The molecule has 14 heteroatoms. The van der Waals surface area contributed by atoms with Crippen molar-refractivity contribution in [3.63, 3.8) is 0 Å². The SMILES string of the molecule is CCOC(=O)CC(CC(=O)OCC)(OOC(CC(=O)OCC)(CC(=O)OCC)C(=O)OCC)C(=O)OCC. The lowest BCUT2D eigenvalue weighted by Gasteiger charge is -2.34. The maximum absolute atomic E-state index is 13.1. The minimum Gasteiger partial charge on any atom is -0.466 e. The largest absolute Gasteiger partial charge is 0.466 e. The quantitative estimate of drug-likeness (QED) is 0.0974. The molecule has 218 valence electrons. The molecule has 0 bridgehead atoms. The highest BCUT2D eigenvalue weighted by molar-refractivity contribution is 5.91. The van der Waals surface area contributed by atoms with Gasteiger partial charge in [-0.05, 0) is 41.5 Å². The van der Waals surface area contributed by atoms with Gasteiger partial charge in [0.1, 0.15) is 0 Å². The number of carbonyl (C=O) groups excluding carboxylic acids is 6. The van der Waals surface area contributed by atoms with Crippen LogP contribution in [-0.2, 0) is 67.0 Å². The van der Waals surface area contributed by atoms with E-state index in [1.54, 1.807) is 0 Å². The van der Waals surface area contributed by atoms with Crippen LogP contribution >= 0.6 is 0 Å². The Labute approximate surface area is 221 Å². The van der Waals surface area contributed by atoms with Gasteiger partial charge in [0, 0.05) is 0 Å². The van der Waals surface area contributed by atoms with Crippen molar-refractivity contribution in [1.82, 2.24) is 0 Å². The number of carbonyl (C=O) groups is 6. The van der Waals surface area contributed by atoms with Crippen LogP contribution in [0.15, 0.2) is 0 Å². The third-order valence-electron chi connectivity index (χ3n) is 4.60. The fourth-order valence-corrected chi connectivity index (χ4v) is 3.07. The summed E-state index contributed by atoms with van der Waals surface area (Å²) in [5.74, 6) is -6.38. The van der Waals surface area contributed by atoms with Gasteiger partial charge in [-0.25, -0.2) is 19.4 Å². The molecular formula is C24H38O14. The Hall–Kier alpha value is -3.26. The van der Waals surface area contributed by atoms with Crippen LogP contribution in [0, 0.1) is 0 Å². The van der Waals surface area contributed by atoms with Gasteiger partial charge in [0.25, 0.3) is 0 Å². The molecule has 0 aliphatic rings. The molecular weight excluding hydrogens is 512 g/mol. The Bertz CT molecular complexity index is 700. The van der Waals surface area contributed by atoms with Crippen LogP contribution in [-0.4, -0.2) is 86.7 Å². The zero-order valence-corrected chi connectivity index (χ0v) is 22.8. The van der Waals surface area contributed by atoms with Gasteiger partial charge in [-0.3, -0.25) is 19.2 Å². The molecule has 0 saturated heterocycles. The van der Waals surface area contributed by atoms with E-state index in [0.29, 0.717) is 0 Å². The molecule has 0 spiro atoms. The molecule has 0 amide bonds. The first-order valence-corrected chi connectivity index (χ1v) is 12.3. The fourth-order valence-electron chi connectivity index (χ4n) is 3.07. The van der Waals surface area contributed by atoms with Gasteiger partial charge < -0.3 is 28.4 Å². The first-order valence-electron chi connectivity index (χ1n) is 12.3. The summed E-state index contributed by atoms with van der Waals surface area (Å²) in [6, 6.07) is 0. The lowest BCUT2D eigenvalue weighted by Crippen LogP contribution is -2.53. The summed E-state index contributed by atoms with van der Waals surface area (Å²) in [7, 11) is 0. The van der Waals surface area contributed by atoms with Crippen molar-refractivity contribution in [3.05, 3.63) is 0 Å². The summed E-state index contributed by atoms with van der Waals surface area (Å²) in [4.78, 5) is 86.6. The van der Waals surface area contributed by atoms with Gasteiger partial charge in [-0.2, -0.15) is 0 Å². The molecule has 0 saturated carbocycles. The Morgan fingerprint density at radius 2 is 0.605 bits per heavy atom. The minimum atomic E-state index is -2.53. The lowest BCUT2D eigenvalue weighted by atomic mass is 9.94. The second-order valence-corrected chi connectivity index (χ2v) is 7.52. The summed E-state index contributed by atoms with van der Waals surface area (Å²) < 4.78 is 29.7. The standard InChI is InChI=1S/C24H38O14/c1-7-31-17(25)13-23(21(29)35-11-5,14-18(26)32-8-2)37-38-24(22(30)36-12-6,15-19(27)33-9-3)16-20(28)34-10-4/h7-16H2,1-6H3. The first kappa shape index (κ1) is 34.7. The normalized spacial score (nSPS) is 11.2. The molecule has 0 aromatic rings. The fraction of sp³-hybridized carbons (Fsp3) is 0.750. The van der Waals surface area contributed by atoms with Crippen LogP contribution in [0.1, 0.15) is 67.2 Å². The summed E-state index contributed by atoms with van der Waals surface area (Å²) in [6.45, 7) is 8.29. The second-order valence-electron chi connectivity index (χ2n) is 7.52. The van der Waals surface area contributed by atoms with Crippen LogP contribution in [0.2, 0.25) is 0 Å². The molecule has 0 atom stereocenters. The van der Waals surface area contributed by atoms with Crippen molar-refractivity contribution in [1.29, 1.82) is 0 Å². The number of hydrogen-bond donors (Lipinski definition) is 0. The predicted octanol–water partition coefficient (Wildman–Crippen LogP) is 1.35. The summed E-state index contributed by atoms with van der Waals surface area (Å²) in [6.07, 6.45) is -3.63. The highest BCUT2D eigenvalue weighted by Gasteiger charge is 2.54. The van der Waals surface area contributed by atoms with E-state index in [0.717, 1.165) is 0 Å². The van der Waals surface area contributed by atoms with Crippen molar-refractivity contribution < 1.29 is 67.0 Å². The van der Waals surface area contributed by atoms with E-state index in [-0.39, 0.29) is 39.6 Å². The third kappa shape index (κ3) is 11.4. The molecule has 0 aromatic carbocycles. The van der Waals surface area contributed by atoms with Crippen LogP contribution in [0.25, 0.3) is 0 Å². The van der Waals surface area contributed by atoms with Crippen molar-refractivity contribution in [2.75, 3.05) is 39.6 Å². The molecule has 0 aliphatic heterocycles. The van der Waals surface area contributed by atoms with E-state index < -0.39 is 72.7 Å². The van der Waals surface area contributed by atoms with Gasteiger partial charge in [-0.1, -0.05) is 0 Å². The van der Waals surface area contributed by atoms with Crippen molar-refractivity contribution in [2.24, 2.45) is 0 Å². The zero-order chi connectivity index (χ0) is 29.2. The molecule has 14 nitrogen and oxygen atoms in total. The Kier molecular flexibility index (Phi) is 16.5. The first-order chi connectivity index (χ1) is 18.0. The third-order valence-corrected chi connectivity index (χ3v) is 4.60. The van der Waals surface area contributed by atoms with Crippen molar-refractivity contribution in [3.8, 4) is 0 Å². The van der Waals surface area contributed by atoms with E-state index in [4.69, 9.17) is 38.2 Å².